The Balaban J connectivity index is 1.94. The van der Waals surface area contributed by atoms with Crippen LogP contribution < -0.4 is 15.8 Å². The van der Waals surface area contributed by atoms with Crippen LogP contribution in [0.4, 0.5) is 16.9 Å². The highest BCUT2D eigenvalue weighted by Crippen LogP contribution is 2.28. The largest absolute Gasteiger partial charge is 0.481 e. The van der Waals surface area contributed by atoms with E-state index in [2.05, 4.69) is 20.3 Å². The van der Waals surface area contributed by atoms with Gasteiger partial charge in [-0.15, -0.1) is 0 Å². The quantitative estimate of drug-likeness (QED) is 0.762. The van der Waals surface area contributed by atoms with E-state index in [0.717, 1.165) is 15.3 Å². The molecule has 19 heavy (non-hydrogen) atoms. The number of nitrogen functional groups attached to an aromatic ring is 1. The Kier molecular flexibility index (Phi) is 2.88. The van der Waals surface area contributed by atoms with E-state index in [1.807, 2.05) is 24.3 Å². The van der Waals surface area contributed by atoms with E-state index in [1.165, 1.54) is 7.11 Å². The maximum atomic E-state index is 5.60. The molecule has 2 heterocycles. The lowest BCUT2D eigenvalue weighted by Gasteiger charge is -2.04. The van der Waals surface area contributed by atoms with Crippen molar-refractivity contribution in [1.29, 1.82) is 0 Å². The molecule has 0 amide bonds. The Morgan fingerprint density at radius 1 is 1.21 bits per heavy atom. The summed E-state index contributed by atoms with van der Waals surface area (Å²) in [6, 6.07) is 9.59. The van der Waals surface area contributed by atoms with Crippen LogP contribution in [0.25, 0.3) is 10.2 Å². The third kappa shape index (κ3) is 2.41. The number of thiazole rings is 1. The molecule has 3 N–H and O–H groups in total. The molecule has 0 atom stereocenters. The van der Waals surface area contributed by atoms with Gasteiger partial charge in [0, 0.05) is 6.07 Å². The van der Waals surface area contributed by atoms with Crippen molar-refractivity contribution in [3.05, 3.63) is 30.3 Å². The van der Waals surface area contributed by atoms with Gasteiger partial charge >= 0.3 is 0 Å². The van der Waals surface area contributed by atoms with Gasteiger partial charge in [0.05, 0.1) is 17.3 Å². The van der Waals surface area contributed by atoms with Crippen molar-refractivity contribution in [2.24, 2.45) is 0 Å². The van der Waals surface area contributed by atoms with Gasteiger partial charge < -0.3 is 15.8 Å². The first-order valence-corrected chi connectivity index (χ1v) is 6.37. The van der Waals surface area contributed by atoms with Crippen LogP contribution in [0.1, 0.15) is 0 Å². The normalized spacial score (nSPS) is 10.6. The number of para-hydroxylation sites is 1. The maximum Gasteiger partial charge on any atom is 0.225 e. The number of anilines is 3. The lowest BCUT2D eigenvalue weighted by atomic mass is 10.3. The second-order valence-electron chi connectivity index (χ2n) is 3.77. The number of nitrogens with one attached hydrogen (secondary N) is 1. The Bertz CT molecular complexity index is 694. The van der Waals surface area contributed by atoms with Crippen LogP contribution >= 0.6 is 11.3 Å². The van der Waals surface area contributed by atoms with Crippen molar-refractivity contribution in [2.75, 3.05) is 18.2 Å². The molecule has 2 aromatic heterocycles. The molecule has 3 aromatic rings. The van der Waals surface area contributed by atoms with E-state index in [-0.39, 0.29) is 5.95 Å². The summed E-state index contributed by atoms with van der Waals surface area (Å²) in [4.78, 5) is 12.5. The molecule has 0 radical (unpaired) electrons. The van der Waals surface area contributed by atoms with Crippen LogP contribution in [0.5, 0.6) is 5.88 Å². The number of ether oxygens (including phenoxy) is 1. The van der Waals surface area contributed by atoms with Crippen LogP contribution in [0.2, 0.25) is 0 Å². The number of benzene rings is 1. The summed E-state index contributed by atoms with van der Waals surface area (Å²) in [6.45, 7) is 0. The first-order chi connectivity index (χ1) is 9.24. The Morgan fingerprint density at radius 2 is 2.05 bits per heavy atom. The molecule has 0 spiro atoms. The first-order valence-electron chi connectivity index (χ1n) is 5.56. The molecule has 0 bridgehead atoms. The second kappa shape index (κ2) is 4.69. The van der Waals surface area contributed by atoms with Crippen LogP contribution in [0.15, 0.2) is 30.3 Å². The minimum atomic E-state index is 0.156. The molecule has 0 saturated heterocycles. The van der Waals surface area contributed by atoms with Crippen LogP contribution in [0.3, 0.4) is 0 Å². The zero-order valence-electron chi connectivity index (χ0n) is 10.1. The molecule has 6 nitrogen and oxygen atoms in total. The van der Waals surface area contributed by atoms with Crippen LogP contribution in [-0.4, -0.2) is 22.1 Å². The molecule has 0 saturated carbocycles. The number of nitrogens with two attached hydrogens (primary N) is 1. The number of hydrogen-bond donors (Lipinski definition) is 2. The Hall–Kier alpha value is -2.41. The fourth-order valence-electron chi connectivity index (χ4n) is 1.65. The molecule has 1 aromatic carbocycles. The number of fused-ring (bicyclic) bond motifs is 1. The topological polar surface area (TPSA) is 86.0 Å². The predicted molar refractivity (Wildman–Crippen MR) is 75.9 cm³/mol. The van der Waals surface area contributed by atoms with E-state index >= 15 is 0 Å². The summed E-state index contributed by atoms with van der Waals surface area (Å²) >= 11 is 1.55. The van der Waals surface area contributed by atoms with Gasteiger partial charge in [0.15, 0.2) is 5.13 Å². The molecule has 7 heteroatoms. The zero-order valence-corrected chi connectivity index (χ0v) is 10.9. The van der Waals surface area contributed by atoms with Crippen molar-refractivity contribution in [3.8, 4) is 5.88 Å². The molecule has 96 valence electrons. The summed E-state index contributed by atoms with van der Waals surface area (Å²) < 4.78 is 6.15. The van der Waals surface area contributed by atoms with E-state index < -0.39 is 0 Å². The number of nitrogens with zero attached hydrogens (tertiary/aromatic N) is 3. The summed E-state index contributed by atoms with van der Waals surface area (Å²) in [6.07, 6.45) is 0. The molecular formula is C12H11N5OS. The van der Waals surface area contributed by atoms with Crippen LogP contribution in [-0.2, 0) is 0 Å². The summed E-state index contributed by atoms with van der Waals surface area (Å²) in [5.41, 5.74) is 6.55. The van der Waals surface area contributed by atoms with Crippen molar-refractivity contribution >= 4 is 38.5 Å². The lowest BCUT2D eigenvalue weighted by Crippen LogP contribution is -2.01. The molecule has 0 unspecified atom stereocenters. The Labute approximate surface area is 113 Å². The summed E-state index contributed by atoms with van der Waals surface area (Å²) in [5, 5.41) is 3.86. The zero-order chi connectivity index (χ0) is 13.2. The van der Waals surface area contributed by atoms with Gasteiger partial charge in [0.25, 0.3) is 0 Å². The van der Waals surface area contributed by atoms with E-state index in [1.54, 1.807) is 17.4 Å². The third-order valence-corrected chi connectivity index (χ3v) is 3.41. The number of rotatable bonds is 3. The second-order valence-corrected chi connectivity index (χ2v) is 4.80. The molecule has 3 rings (SSSR count). The first kappa shape index (κ1) is 11.7. The number of aromatic nitrogens is 3. The predicted octanol–water partition coefficient (Wildman–Crippen LogP) is 2.42. The molecular weight excluding hydrogens is 262 g/mol. The SMILES string of the molecule is COc1cc(Nc2nc3ccccc3s2)nc(N)n1. The minimum absolute atomic E-state index is 0.156. The fraction of sp³-hybridized carbons (Fsp3) is 0.0833. The maximum absolute atomic E-state index is 5.60. The van der Waals surface area contributed by atoms with Gasteiger partial charge in [-0.1, -0.05) is 23.5 Å². The van der Waals surface area contributed by atoms with Gasteiger partial charge in [0.1, 0.15) is 5.82 Å². The van der Waals surface area contributed by atoms with Gasteiger partial charge in [-0.05, 0) is 12.1 Å². The molecule has 0 aliphatic rings. The lowest BCUT2D eigenvalue weighted by molar-refractivity contribution is 0.398. The van der Waals surface area contributed by atoms with E-state index in [0.29, 0.717) is 11.7 Å². The van der Waals surface area contributed by atoms with Gasteiger partial charge in [-0.3, -0.25) is 0 Å². The van der Waals surface area contributed by atoms with E-state index in [9.17, 15) is 0 Å². The monoisotopic (exact) mass is 273 g/mol. The average Bonchev–Trinajstić information content (AvgIpc) is 2.80. The van der Waals surface area contributed by atoms with E-state index in [4.69, 9.17) is 10.5 Å². The number of methoxy groups -OCH3 is 1. The Morgan fingerprint density at radius 3 is 2.84 bits per heavy atom. The fourth-order valence-corrected chi connectivity index (χ4v) is 2.52. The van der Waals surface area contributed by atoms with Gasteiger partial charge in [-0.2, -0.15) is 9.97 Å². The van der Waals surface area contributed by atoms with Crippen molar-refractivity contribution in [2.45, 2.75) is 0 Å². The average molecular weight is 273 g/mol. The smallest absolute Gasteiger partial charge is 0.225 e. The molecule has 0 aliphatic heterocycles. The third-order valence-electron chi connectivity index (χ3n) is 2.46. The van der Waals surface area contributed by atoms with Crippen LogP contribution in [0, 0.1) is 0 Å². The number of hydrogen-bond acceptors (Lipinski definition) is 7. The van der Waals surface area contributed by atoms with Crippen molar-refractivity contribution < 1.29 is 4.74 Å². The summed E-state index contributed by atoms with van der Waals surface area (Å²) in [7, 11) is 1.53. The molecule has 0 fully saturated rings. The van der Waals surface area contributed by atoms with Gasteiger partial charge in [0.2, 0.25) is 11.8 Å². The summed E-state index contributed by atoms with van der Waals surface area (Å²) in [5.74, 6) is 1.13. The van der Waals surface area contributed by atoms with Crippen molar-refractivity contribution in [3.63, 3.8) is 0 Å². The van der Waals surface area contributed by atoms with Crippen molar-refractivity contribution in [1.82, 2.24) is 15.0 Å². The molecule has 0 aliphatic carbocycles. The van der Waals surface area contributed by atoms with Gasteiger partial charge in [-0.25, -0.2) is 4.98 Å². The highest BCUT2D eigenvalue weighted by atomic mass is 32.1. The standard InChI is InChI=1S/C12H11N5OS/c1-18-10-6-9(15-11(13)17-10)16-12-14-7-4-2-3-5-8(7)19-12/h2-6H,1H3,(H3,13,14,15,16,17). The minimum Gasteiger partial charge on any atom is -0.481 e. The highest BCUT2D eigenvalue weighted by molar-refractivity contribution is 7.22. The highest BCUT2D eigenvalue weighted by Gasteiger charge is 2.06.